The Morgan fingerprint density at radius 2 is 1.91 bits per heavy atom. The van der Waals surface area contributed by atoms with Crippen LogP contribution in [0.1, 0.15) is 16.7 Å². The van der Waals surface area contributed by atoms with Crippen LogP contribution in [0.3, 0.4) is 0 Å². The van der Waals surface area contributed by atoms with E-state index < -0.39 is 6.04 Å². The molecule has 0 aliphatic heterocycles. The van der Waals surface area contributed by atoms with Crippen LogP contribution in [-0.2, 0) is 17.8 Å². The highest BCUT2D eigenvalue weighted by Crippen LogP contribution is 2.18. The molecule has 1 amide bonds. The summed E-state index contributed by atoms with van der Waals surface area (Å²) >= 11 is 0. The Morgan fingerprint density at radius 1 is 1.18 bits per heavy atom. The summed E-state index contributed by atoms with van der Waals surface area (Å²) in [5.41, 5.74) is 9.07. The molecule has 0 heterocycles. The summed E-state index contributed by atoms with van der Waals surface area (Å²) in [4.78, 5) is 12.1. The van der Waals surface area contributed by atoms with Gasteiger partial charge in [-0.2, -0.15) is 0 Å². The standard InChI is InChI=1S/C18H22N2O2/c1-13-8-9-15(11-17(13)22-2)12-20-18(21)16(19)10-14-6-4-3-5-7-14/h3-9,11,16H,10,12,19H2,1-2H3,(H,20,21)/t16-/m0/s1. The number of hydrogen-bond acceptors (Lipinski definition) is 3. The topological polar surface area (TPSA) is 64.3 Å². The Kier molecular flexibility index (Phi) is 5.55. The number of nitrogens with two attached hydrogens (primary N) is 1. The van der Waals surface area contributed by atoms with Gasteiger partial charge in [-0.1, -0.05) is 42.5 Å². The molecule has 0 aromatic heterocycles. The Labute approximate surface area is 131 Å². The molecule has 0 fully saturated rings. The third kappa shape index (κ3) is 4.33. The van der Waals surface area contributed by atoms with Crippen LogP contribution in [0.15, 0.2) is 48.5 Å². The summed E-state index contributed by atoms with van der Waals surface area (Å²) in [6.45, 7) is 2.43. The SMILES string of the molecule is COc1cc(CNC(=O)[C@@H](N)Cc2ccccc2)ccc1C. The lowest BCUT2D eigenvalue weighted by molar-refractivity contribution is -0.122. The molecule has 1 atom stereocenters. The minimum Gasteiger partial charge on any atom is -0.496 e. The predicted octanol–water partition coefficient (Wildman–Crippen LogP) is 2.19. The lowest BCUT2D eigenvalue weighted by Gasteiger charge is -2.13. The van der Waals surface area contributed by atoms with Gasteiger partial charge in [0, 0.05) is 6.54 Å². The molecule has 0 unspecified atom stereocenters. The first kappa shape index (κ1) is 16.0. The summed E-state index contributed by atoms with van der Waals surface area (Å²) in [5, 5.41) is 2.87. The fraction of sp³-hybridized carbons (Fsp3) is 0.278. The fourth-order valence-corrected chi connectivity index (χ4v) is 2.26. The van der Waals surface area contributed by atoms with E-state index in [1.807, 2.05) is 55.5 Å². The lowest BCUT2D eigenvalue weighted by Crippen LogP contribution is -2.41. The van der Waals surface area contributed by atoms with Gasteiger partial charge in [-0.25, -0.2) is 0 Å². The van der Waals surface area contributed by atoms with Crippen LogP contribution in [0, 0.1) is 6.92 Å². The summed E-state index contributed by atoms with van der Waals surface area (Å²) in [6.07, 6.45) is 0.532. The van der Waals surface area contributed by atoms with Gasteiger partial charge in [0.2, 0.25) is 5.91 Å². The van der Waals surface area contributed by atoms with E-state index >= 15 is 0 Å². The van der Waals surface area contributed by atoms with Gasteiger partial charge in [-0.3, -0.25) is 4.79 Å². The van der Waals surface area contributed by atoms with Crippen LogP contribution in [0.25, 0.3) is 0 Å². The lowest BCUT2D eigenvalue weighted by atomic mass is 10.1. The number of hydrogen-bond donors (Lipinski definition) is 2. The largest absolute Gasteiger partial charge is 0.496 e. The van der Waals surface area contributed by atoms with Crippen molar-refractivity contribution >= 4 is 5.91 Å². The van der Waals surface area contributed by atoms with E-state index in [1.165, 1.54) is 0 Å². The second-order valence-electron chi connectivity index (χ2n) is 5.32. The zero-order chi connectivity index (χ0) is 15.9. The van der Waals surface area contributed by atoms with E-state index in [0.717, 1.165) is 22.4 Å². The molecule has 0 spiro atoms. The molecular weight excluding hydrogens is 276 g/mol. The molecule has 3 N–H and O–H groups in total. The quantitative estimate of drug-likeness (QED) is 0.859. The maximum absolute atomic E-state index is 12.1. The number of aryl methyl sites for hydroxylation is 1. The number of carbonyl (C=O) groups excluding carboxylic acids is 1. The van der Waals surface area contributed by atoms with Crippen LogP contribution in [0.4, 0.5) is 0 Å². The average Bonchev–Trinajstić information content (AvgIpc) is 2.54. The summed E-state index contributed by atoms with van der Waals surface area (Å²) < 4.78 is 5.28. The first-order valence-corrected chi connectivity index (χ1v) is 7.31. The molecule has 2 aromatic carbocycles. The van der Waals surface area contributed by atoms with Gasteiger partial charge in [-0.05, 0) is 36.1 Å². The Balaban J connectivity index is 1.89. The van der Waals surface area contributed by atoms with Crippen molar-refractivity contribution in [3.63, 3.8) is 0 Å². The smallest absolute Gasteiger partial charge is 0.237 e. The second kappa shape index (κ2) is 7.61. The number of ether oxygens (including phenoxy) is 1. The molecule has 116 valence electrons. The number of nitrogens with one attached hydrogen (secondary N) is 1. The monoisotopic (exact) mass is 298 g/mol. The van der Waals surface area contributed by atoms with E-state index in [0.29, 0.717) is 13.0 Å². The number of methoxy groups -OCH3 is 1. The van der Waals surface area contributed by atoms with Gasteiger partial charge in [-0.15, -0.1) is 0 Å². The van der Waals surface area contributed by atoms with Crippen LogP contribution < -0.4 is 15.8 Å². The summed E-state index contributed by atoms with van der Waals surface area (Å²) in [7, 11) is 1.64. The van der Waals surface area contributed by atoms with Crippen molar-refractivity contribution in [1.29, 1.82) is 0 Å². The zero-order valence-electron chi connectivity index (χ0n) is 13.0. The maximum Gasteiger partial charge on any atom is 0.237 e. The van der Waals surface area contributed by atoms with Crippen molar-refractivity contribution in [2.24, 2.45) is 5.73 Å². The Hall–Kier alpha value is -2.33. The van der Waals surface area contributed by atoms with E-state index in [-0.39, 0.29) is 5.91 Å². The van der Waals surface area contributed by atoms with E-state index in [1.54, 1.807) is 7.11 Å². The molecule has 0 saturated carbocycles. The second-order valence-corrected chi connectivity index (χ2v) is 5.32. The first-order valence-electron chi connectivity index (χ1n) is 7.31. The fourth-order valence-electron chi connectivity index (χ4n) is 2.26. The predicted molar refractivity (Wildman–Crippen MR) is 87.7 cm³/mol. The molecule has 0 bridgehead atoms. The van der Waals surface area contributed by atoms with Gasteiger partial charge < -0.3 is 15.8 Å². The van der Waals surface area contributed by atoms with Crippen molar-refractivity contribution in [3.05, 3.63) is 65.2 Å². The molecule has 0 aliphatic rings. The highest BCUT2D eigenvalue weighted by Gasteiger charge is 2.13. The molecule has 22 heavy (non-hydrogen) atoms. The molecule has 4 heteroatoms. The van der Waals surface area contributed by atoms with Crippen molar-refractivity contribution in [2.45, 2.75) is 25.9 Å². The molecule has 2 rings (SSSR count). The van der Waals surface area contributed by atoms with E-state index in [9.17, 15) is 4.79 Å². The third-order valence-corrected chi connectivity index (χ3v) is 3.57. The number of amides is 1. The molecule has 0 saturated heterocycles. The molecule has 0 aliphatic carbocycles. The van der Waals surface area contributed by atoms with Crippen LogP contribution in [0.5, 0.6) is 5.75 Å². The van der Waals surface area contributed by atoms with Crippen LogP contribution in [0.2, 0.25) is 0 Å². The highest BCUT2D eigenvalue weighted by molar-refractivity contribution is 5.81. The number of carbonyl (C=O) groups is 1. The Bertz CT molecular complexity index is 626. The maximum atomic E-state index is 12.1. The summed E-state index contributed by atoms with van der Waals surface area (Å²) in [6, 6.07) is 15.1. The van der Waals surface area contributed by atoms with E-state index in [4.69, 9.17) is 10.5 Å². The zero-order valence-corrected chi connectivity index (χ0v) is 13.0. The van der Waals surface area contributed by atoms with Crippen molar-refractivity contribution in [2.75, 3.05) is 7.11 Å². The van der Waals surface area contributed by atoms with Gasteiger partial charge in [0.1, 0.15) is 5.75 Å². The normalized spacial score (nSPS) is 11.8. The minimum atomic E-state index is -0.547. The van der Waals surface area contributed by atoms with E-state index in [2.05, 4.69) is 5.32 Å². The molecule has 0 radical (unpaired) electrons. The summed E-state index contributed by atoms with van der Waals surface area (Å²) in [5.74, 6) is 0.670. The molecule has 2 aromatic rings. The molecular formula is C18H22N2O2. The number of benzene rings is 2. The third-order valence-electron chi connectivity index (χ3n) is 3.57. The van der Waals surface area contributed by atoms with Gasteiger partial charge >= 0.3 is 0 Å². The molecule has 4 nitrogen and oxygen atoms in total. The minimum absolute atomic E-state index is 0.150. The van der Waals surface area contributed by atoms with Gasteiger partial charge in [0.05, 0.1) is 13.2 Å². The van der Waals surface area contributed by atoms with Crippen molar-refractivity contribution < 1.29 is 9.53 Å². The van der Waals surface area contributed by atoms with Crippen molar-refractivity contribution in [3.8, 4) is 5.75 Å². The first-order chi connectivity index (χ1) is 10.6. The van der Waals surface area contributed by atoms with Crippen LogP contribution >= 0.6 is 0 Å². The Morgan fingerprint density at radius 3 is 2.59 bits per heavy atom. The van der Waals surface area contributed by atoms with Crippen LogP contribution in [-0.4, -0.2) is 19.1 Å². The number of rotatable bonds is 6. The van der Waals surface area contributed by atoms with Gasteiger partial charge in [0.15, 0.2) is 0 Å². The highest BCUT2D eigenvalue weighted by atomic mass is 16.5. The van der Waals surface area contributed by atoms with Crippen molar-refractivity contribution in [1.82, 2.24) is 5.32 Å². The average molecular weight is 298 g/mol. The van der Waals surface area contributed by atoms with Gasteiger partial charge in [0.25, 0.3) is 0 Å².